The first-order chi connectivity index (χ1) is 7.89. The third kappa shape index (κ3) is 2.45. The SMILES string of the molecule is CC(C(O)c1ccc2c(c1)CCO2)S(C)(=O)=O. The molecule has 0 amide bonds. The molecule has 0 aromatic heterocycles. The molecule has 1 aromatic rings. The molecule has 1 heterocycles. The van der Waals surface area contributed by atoms with Crippen LogP contribution in [0.15, 0.2) is 18.2 Å². The Morgan fingerprint density at radius 2 is 2.12 bits per heavy atom. The van der Waals surface area contributed by atoms with Gasteiger partial charge in [0.15, 0.2) is 9.84 Å². The fraction of sp³-hybridized carbons (Fsp3) is 0.500. The summed E-state index contributed by atoms with van der Waals surface area (Å²) in [7, 11) is -3.25. The van der Waals surface area contributed by atoms with Gasteiger partial charge in [0, 0.05) is 12.7 Å². The standard InChI is InChI=1S/C12H16O4S/c1-8(17(2,14)15)12(13)10-3-4-11-9(7-10)5-6-16-11/h3-4,7-8,12-13H,5-6H2,1-2H3. The van der Waals surface area contributed by atoms with Crippen LogP contribution in [0, 0.1) is 0 Å². The van der Waals surface area contributed by atoms with Gasteiger partial charge < -0.3 is 9.84 Å². The molecule has 4 nitrogen and oxygen atoms in total. The van der Waals surface area contributed by atoms with Crippen molar-refractivity contribution in [3.05, 3.63) is 29.3 Å². The lowest BCUT2D eigenvalue weighted by Crippen LogP contribution is -2.24. The Balaban J connectivity index is 2.29. The van der Waals surface area contributed by atoms with Crippen LogP contribution >= 0.6 is 0 Å². The third-order valence-electron chi connectivity index (χ3n) is 3.18. The molecule has 2 atom stereocenters. The summed E-state index contributed by atoms with van der Waals surface area (Å²) in [5, 5.41) is 9.23. The highest BCUT2D eigenvalue weighted by Gasteiger charge is 2.26. The second-order valence-electron chi connectivity index (χ2n) is 4.45. The molecule has 0 fully saturated rings. The van der Waals surface area contributed by atoms with E-state index in [4.69, 9.17) is 4.74 Å². The summed E-state index contributed by atoms with van der Waals surface area (Å²) < 4.78 is 28.2. The predicted molar refractivity (Wildman–Crippen MR) is 64.9 cm³/mol. The van der Waals surface area contributed by atoms with Crippen LogP contribution in [0.4, 0.5) is 0 Å². The smallest absolute Gasteiger partial charge is 0.152 e. The Kier molecular flexibility index (Phi) is 3.14. The maximum atomic E-state index is 11.4. The van der Waals surface area contributed by atoms with Gasteiger partial charge >= 0.3 is 0 Å². The molecular weight excluding hydrogens is 240 g/mol. The van der Waals surface area contributed by atoms with E-state index < -0.39 is 21.2 Å². The van der Waals surface area contributed by atoms with E-state index in [9.17, 15) is 13.5 Å². The fourth-order valence-electron chi connectivity index (χ4n) is 1.90. The van der Waals surface area contributed by atoms with Gasteiger partial charge in [-0.25, -0.2) is 8.42 Å². The molecule has 1 aromatic carbocycles. The van der Waals surface area contributed by atoms with E-state index in [0.29, 0.717) is 12.2 Å². The molecule has 5 heteroatoms. The van der Waals surface area contributed by atoms with Crippen LogP contribution in [-0.2, 0) is 16.3 Å². The number of ether oxygens (including phenoxy) is 1. The maximum absolute atomic E-state index is 11.4. The molecule has 0 radical (unpaired) electrons. The monoisotopic (exact) mass is 256 g/mol. The van der Waals surface area contributed by atoms with Crippen LogP contribution in [0.2, 0.25) is 0 Å². The zero-order valence-corrected chi connectivity index (χ0v) is 10.7. The first-order valence-electron chi connectivity index (χ1n) is 5.52. The molecule has 94 valence electrons. The van der Waals surface area contributed by atoms with Crippen molar-refractivity contribution in [2.75, 3.05) is 12.9 Å². The molecule has 1 aliphatic heterocycles. The minimum atomic E-state index is -3.25. The van der Waals surface area contributed by atoms with Gasteiger partial charge in [-0.3, -0.25) is 0 Å². The van der Waals surface area contributed by atoms with Gasteiger partial charge in [0.05, 0.1) is 18.0 Å². The van der Waals surface area contributed by atoms with E-state index in [-0.39, 0.29) is 0 Å². The van der Waals surface area contributed by atoms with Crippen LogP contribution in [0.5, 0.6) is 5.75 Å². The van der Waals surface area contributed by atoms with E-state index >= 15 is 0 Å². The van der Waals surface area contributed by atoms with E-state index in [1.54, 1.807) is 12.1 Å². The van der Waals surface area contributed by atoms with Gasteiger partial charge in [-0.2, -0.15) is 0 Å². The summed E-state index contributed by atoms with van der Waals surface area (Å²) in [4.78, 5) is 0. The maximum Gasteiger partial charge on any atom is 0.152 e. The van der Waals surface area contributed by atoms with Crippen LogP contribution in [-0.4, -0.2) is 31.6 Å². The van der Waals surface area contributed by atoms with Crippen molar-refractivity contribution in [2.24, 2.45) is 0 Å². The number of hydrogen-bond acceptors (Lipinski definition) is 4. The third-order valence-corrected chi connectivity index (χ3v) is 4.78. The number of rotatable bonds is 3. The summed E-state index contributed by atoms with van der Waals surface area (Å²) in [6.07, 6.45) is 0.955. The number of aliphatic hydroxyl groups excluding tert-OH is 1. The highest BCUT2D eigenvalue weighted by Crippen LogP contribution is 2.30. The van der Waals surface area contributed by atoms with Crippen molar-refractivity contribution >= 4 is 9.84 Å². The summed E-state index contributed by atoms with van der Waals surface area (Å²) in [6.45, 7) is 2.17. The molecule has 1 N–H and O–H groups in total. The average molecular weight is 256 g/mol. The second kappa shape index (κ2) is 4.31. The molecular formula is C12H16O4S. The first-order valence-corrected chi connectivity index (χ1v) is 7.47. The van der Waals surface area contributed by atoms with E-state index in [0.717, 1.165) is 24.0 Å². The van der Waals surface area contributed by atoms with Crippen molar-refractivity contribution in [3.63, 3.8) is 0 Å². The molecule has 0 bridgehead atoms. The number of fused-ring (bicyclic) bond motifs is 1. The number of benzene rings is 1. The molecule has 0 spiro atoms. The first kappa shape index (κ1) is 12.4. The van der Waals surface area contributed by atoms with Crippen molar-refractivity contribution in [1.82, 2.24) is 0 Å². The Labute approximate surface area is 101 Å². The lowest BCUT2D eigenvalue weighted by molar-refractivity contribution is 0.176. The lowest BCUT2D eigenvalue weighted by Gasteiger charge is -2.18. The minimum absolute atomic E-state index is 0.632. The summed E-state index contributed by atoms with van der Waals surface area (Å²) in [5.41, 5.74) is 1.66. The lowest BCUT2D eigenvalue weighted by atomic mass is 10.0. The number of sulfone groups is 1. The van der Waals surface area contributed by atoms with Crippen LogP contribution < -0.4 is 4.74 Å². The predicted octanol–water partition coefficient (Wildman–Crippen LogP) is 1.09. The van der Waals surface area contributed by atoms with Crippen molar-refractivity contribution in [1.29, 1.82) is 0 Å². The Hall–Kier alpha value is -1.07. The quantitative estimate of drug-likeness (QED) is 0.879. The molecule has 2 rings (SSSR count). The molecule has 0 saturated carbocycles. The Morgan fingerprint density at radius 3 is 2.76 bits per heavy atom. The molecule has 1 aliphatic rings. The number of hydrogen-bond donors (Lipinski definition) is 1. The van der Waals surface area contributed by atoms with Gasteiger partial charge in [-0.05, 0) is 30.2 Å². The normalized spacial score (nSPS) is 18.3. The fourth-order valence-corrected chi connectivity index (χ4v) is 2.52. The highest BCUT2D eigenvalue weighted by atomic mass is 32.2. The van der Waals surface area contributed by atoms with Gasteiger partial charge in [0.25, 0.3) is 0 Å². The molecule has 2 unspecified atom stereocenters. The Morgan fingerprint density at radius 1 is 1.41 bits per heavy atom. The van der Waals surface area contributed by atoms with Gasteiger partial charge in [-0.15, -0.1) is 0 Å². The van der Waals surface area contributed by atoms with Gasteiger partial charge in [-0.1, -0.05) is 6.07 Å². The van der Waals surface area contributed by atoms with E-state index in [1.807, 2.05) is 6.07 Å². The second-order valence-corrected chi connectivity index (χ2v) is 6.85. The zero-order chi connectivity index (χ0) is 12.6. The summed E-state index contributed by atoms with van der Waals surface area (Å²) in [5.74, 6) is 0.827. The largest absolute Gasteiger partial charge is 0.493 e. The van der Waals surface area contributed by atoms with E-state index in [2.05, 4.69) is 0 Å². The van der Waals surface area contributed by atoms with E-state index in [1.165, 1.54) is 6.92 Å². The molecule has 17 heavy (non-hydrogen) atoms. The topological polar surface area (TPSA) is 63.6 Å². The van der Waals surface area contributed by atoms with Gasteiger partial charge in [0.1, 0.15) is 5.75 Å². The molecule has 0 aliphatic carbocycles. The summed E-state index contributed by atoms with van der Waals surface area (Å²) >= 11 is 0. The number of aliphatic hydroxyl groups is 1. The van der Waals surface area contributed by atoms with Crippen molar-refractivity contribution < 1.29 is 18.3 Å². The minimum Gasteiger partial charge on any atom is -0.493 e. The van der Waals surface area contributed by atoms with Crippen molar-refractivity contribution in [2.45, 2.75) is 24.7 Å². The van der Waals surface area contributed by atoms with Crippen LogP contribution in [0.1, 0.15) is 24.2 Å². The van der Waals surface area contributed by atoms with Crippen LogP contribution in [0.25, 0.3) is 0 Å². The average Bonchev–Trinajstić information content (AvgIpc) is 2.72. The zero-order valence-electron chi connectivity index (χ0n) is 9.88. The molecule has 0 saturated heterocycles. The van der Waals surface area contributed by atoms with Gasteiger partial charge in [0.2, 0.25) is 0 Å². The van der Waals surface area contributed by atoms with Crippen LogP contribution in [0.3, 0.4) is 0 Å². The summed E-state index contributed by atoms with van der Waals surface area (Å²) in [6, 6.07) is 5.33. The van der Waals surface area contributed by atoms with Crippen molar-refractivity contribution in [3.8, 4) is 5.75 Å². The Bertz CT molecular complexity index is 521. The highest BCUT2D eigenvalue weighted by molar-refractivity contribution is 7.91.